The van der Waals surface area contributed by atoms with Crippen molar-refractivity contribution in [3.63, 3.8) is 0 Å². The van der Waals surface area contributed by atoms with Gasteiger partial charge in [0.2, 0.25) is 5.91 Å². The van der Waals surface area contributed by atoms with Crippen molar-refractivity contribution < 1.29 is 4.79 Å². The second-order valence-corrected chi connectivity index (χ2v) is 6.02. The fraction of sp³-hybridized carbons (Fsp3) is 0.929. The van der Waals surface area contributed by atoms with Crippen molar-refractivity contribution >= 4 is 5.91 Å². The van der Waals surface area contributed by atoms with Gasteiger partial charge in [0, 0.05) is 12.5 Å². The average molecular weight is 238 g/mol. The van der Waals surface area contributed by atoms with E-state index in [1.54, 1.807) is 0 Å². The third kappa shape index (κ3) is 3.70. The van der Waals surface area contributed by atoms with Gasteiger partial charge in [0.05, 0.1) is 5.54 Å². The molecule has 0 bridgehead atoms. The van der Waals surface area contributed by atoms with E-state index in [9.17, 15) is 4.79 Å². The number of amides is 1. The Morgan fingerprint density at radius 1 is 1.18 bits per heavy atom. The summed E-state index contributed by atoms with van der Waals surface area (Å²) in [5.74, 6) is 0.575. The standard InChI is InChI=1S/C14H26N2O/c1-14(9-10-15-11-14)16-13(17)12-7-5-3-2-4-6-8-12/h12,15H,2-11H2,1H3,(H,16,17). The van der Waals surface area contributed by atoms with Crippen LogP contribution in [-0.2, 0) is 4.79 Å². The average Bonchev–Trinajstić information content (AvgIpc) is 2.63. The quantitative estimate of drug-likeness (QED) is 0.774. The second kappa shape index (κ2) is 5.85. The second-order valence-electron chi connectivity index (χ2n) is 6.02. The molecule has 1 amide bonds. The summed E-state index contributed by atoms with van der Waals surface area (Å²) in [6.45, 7) is 4.11. The van der Waals surface area contributed by atoms with E-state index in [0.29, 0.717) is 5.91 Å². The molecule has 1 atom stereocenters. The van der Waals surface area contributed by atoms with Gasteiger partial charge < -0.3 is 10.6 Å². The van der Waals surface area contributed by atoms with Crippen molar-refractivity contribution in [3.05, 3.63) is 0 Å². The first-order chi connectivity index (χ1) is 8.20. The van der Waals surface area contributed by atoms with Crippen LogP contribution in [0.3, 0.4) is 0 Å². The first-order valence-corrected chi connectivity index (χ1v) is 7.22. The van der Waals surface area contributed by atoms with Gasteiger partial charge in [0.25, 0.3) is 0 Å². The minimum atomic E-state index is -0.000546. The number of rotatable bonds is 2. The maximum atomic E-state index is 12.3. The molecule has 0 aromatic heterocycles. The molecule has 3 nitrogen and oxygen atoms in total. The summed E-state index contributed by atoms with van der Waals surface area (Å²) in [7, 11) is 0. The van der Waals surface area contributed by atoms with Crippen LogP contribution in [0.15, 0.2) is 0 Å². The molecule has 3 heteroatoms. The lowest BCUT2D eigenvalue weighted by atomic mass is 9.89. The molecule has 1 aliphatic heterocycles. The molecule has 1 unspecified atom stereocenters. The first-order valence-electron chi connectivity index (χ1n) is 7.22. The van der Waals surface area contributed by atoms with Crippen LogP contribution in [0.5, 0.6) is 0 Å². The molecular weight excluding hydrogens is 212 g/mol. The number of hydrogen-bond acceptors (Lipinski definition) is 2. The maximum Gasteiger partial charge on any atom is 0.223 e. The molecule has 2 fully saturated rings. The van der Waals surface area contributed by atoms with Gasteiger partial charge in [-0.15, -0.1) is 0 Å². The highest BCUT2D eigenvalue weighted by Gasteiger charge is 2.32. The Balaban J connectivity index is 1.84. The van der Waals surface area contributed by atoms with E-state index in [2.05, 4.69) is 17.6 Å². The SMILES string of the molecule is CC1(NC(=O)C2CCCCCCC2)CCNC1. The van der Waals surface area contributed by atoms with Gasteiger partial charge in [-0.1, -0.05) is 32.1 Å². The highest BCUT2D eigenvalue weighted by atomic mass is 16.2. The number of nitrogens with one attached hydrogen (secondary N) is 2. The van der Waals surface area contributed by atoms with Crippen LogP contribution in [-0.4, -0.2) is 24.5 Å². The van der Waals surface area contributed by atoms with Gasteiger partial charge in [-0.05, 0) is 32.7 Å². The fourth-order valence-corrected chi connectivity index (χ4v) is 3.04. The molecule has 98 valence electrons. The molecular formula is C14H26N2O. The molecule has 0 spiro atoms. The minimum absolute atomic E-state index is 0.000546. The van der Waals surface area contributed by atoms with Crippen LogP contribution < -0.4 is 10.6 Å². The van der Waals surface area contributed by atoms with E-state index in [-0.39, 0.29) is 11.5 Å². The molecule has 1 aliphatic carbocycles. The van der Waals surface area contributed by atoms with Gasteiger partial charge in [0.1, 0.15) is 0 Å². The van der Waals surface area contributed by atoms with Crippen molar-refractivity contribution in [2.24, 2.45) is 5.92 Å². The number of carbonyl (C=O) groups is 1. The Morgan fingerprint density at radius 3 is 2.41 bits per heavy atom. The van der Waals surface area contributed by atoms with Gasteiger partial charge in [0.15, 0.2) is 0 Å². The van der Waals surface area contributed by atoms with Crippen molar-refractivity contribution in [3.8, 4) is 0 Å². The Morgan fingerprint density at radius 2 is 1.82 bits per heavy atom. The van der Waals surface area contributed by atoms with Crippen molar-refractivity contribution in [2.45, 2.75) is 63.8 Å². The molecule has 0 aromatic carbocycles. The maximum absolute atomic E-state index is 12.3. The molecule has 2 N–H and O–H groups in total. The summed E-state index contributed by atoms with van der Waals surface area (Å²) < 4.78 is 0. The van der Waals surface area contributed by atoms with Crippen molar-refractivity contribution in [1.29, 1.82) is 0 Å². The van der Waals surface area contributed by atoms with Gasteiger partial charge >= 0.3 is 0 Å². The first kappa shape index (κ1) is 12.9. The third-order valence-electron chi connectivity index (χ3n) is 4.27. The molecule has 1 saturated carbocycles. The highest BCUT2D eigenvalue weighted by Crippen LogP contribution is 2.24. The largest absolute Gasteiger partial charge is 0.349 e. The van der Waals surface area contributed by atoms with Gasteiger partial charge in [-0.3, -0.25) is 4.79 Å². The lowest BCUT2D eigenvalue weighted by molar-refractivity contribution is -0.127. The van der Waals surface area contributed by atoms with Gasteiger partial charge in [-0.25, -0.2) is 0 Å². The summed E-state index contributed by atoms with van der Waals surface area (Å²) in [5, 5.41) is 6.60. The summed E-state index contributed by atoms with van der Waals surface area (Å²) in [6.07, 6.45) is 9.68. The van der Waals surface area contributed by atoms with E-state index in [0.717, 1.165) is 32.4 Å². The van der Waals surface area contributed by atoms with Crippen LogP contribution >= 0.6 is 0 Å². The lowest BCUT2D eigenvalue weighted by Gasteiger charge is -2.28. The lowest BCUT2D eigenvalue weighted by Crippen LogP contribution is -2.49. The van der Waals surface area contributed by atoms with Crippen molar-refractivity contribution in [2.75, 3.05) is 13.1 Å². The van der Waals surface area contributed by atoms with Gasteiger partial charge in [-0.2, -0.15) is 0 Å². The Hall–Kier alpha value is -0.570. The monoisotopic (exact) mass is 238 g/mol. The fourth-order valence-electron chi connectivity index (χ4n) is 3.04. The summed E-state index contributed by atoms with van der Waals surface area (Å²) >= 11 is 0. The molecule has 1 saturated heterocycles. The van der Waals surface area contributed by atoms with E-state index in [4.69, 9.17) is 0 Å². The molecule has 2 aliphatic rings. The third-order valence-corrected chi connectivity index (χ3v) is 4.27. The zero-order valence-corrected chi connectivity index (χ0v) is 11.1. The molecule has 0 aromatic rings. The van der Waals surface area contributed by atoms with E-state index >= 15 is 0 Å². The number of hydrogen-bond donors (Lipinski definition) is 2. The zero-order valence-electron chi connectivity index (χ0n) is 11.1. The molecule has 0 radical (unpaired) electrons. The normalized spacial score (nSPS) is 31.8. The van der Waals surface area contributed by atoms with Crippen molar-refractivity contribution in [1.82, 2.24) is 10.6 Å². The predicted molar refractivity (Wildman–Crippen MR) is 69.8 cm³/mol. The molecule has 1 heterocycles. The van der Waals surface area contributed by atoms with Crippen LogP contribution in [0, 0.1) is 5.92 Å². The summed E-state index contributed by atoms with van der Waals surface area (Å²) in [4.78, 5) is 12.3. The molecule has 17 heavy (non-hydrogen) atoms. The van der Waals surface area contributed by atoms with E-state index in [1.165, 1.54) is 32.1 Å². The van der Waals surface area contributed by atoms with Crippen LogP contribution in [0.2, 0.25) is 0 Å². The topological polar surface area (TPSA) is 41.1 Å². The summed E-state index contributed by atoms with van der Waals surface area (Å²) in [6, 6.07) is 0. The minimum Gasteiger partial charge on any atom is -0.349 e. The Labute approximate surface area is 105 Å². The molecule has 2 rings (SSSR count). The summed E-state index contributed by atoms with van der Waals surface area (Å²) in [5.41, 5.74) is -0.000546. The smallest absolute Gasteiger partial charge is 0.223 e. The Bertz CT molecular complexity index is 251. The highest BCUT2D eigenvalue weighted by molar-refractivity contribution is 5.79. The van der Waals surface area contributed by atoms with Crippen LogP contribution in [0.25, 0.3) is 0 Å². The zero-order chi connectivity index (χ0) is 12.1. The van der Waals surface area contributed by atoms with E-state index in [1.807, 2.05) is 0 Å². The van der Waals surface area contributed by atoms with Crippen LogP contribution in [0.1, 0.15) is 58.3 Å². The Kier molecular flexibility index (Phi) is 4.43. The predicted octanol–water partition coefficient (Wildman–Crippen LogP) is 2.22. The van der Waals surface area contributed by atoms with Crippen LogP contribution in [0.4, 0.5) is 0 Å². The number of carbonyl (C=O) groups excluding carboxylic acids is 1. The van der Waals surface area contributed by atoms with E-state index < -0.39 is 0 Å².